The maximum Gasteiger partial charge on any atom is 0.350 e. The summed E-state index contributed by atoms with van der Waals surface area (Å²) in [6.07, 6.45) is 0. The number of hydrogen-bond donors (Lipinski definition) is 2. The smallest absolute Gasteiger partial charge is 0.350 e. The van der Waals surface area contributed by atoms with Gasteiger partial charge >= 0.3 is 5.97 Å². The van der Waals surface area contributed by atoms with Gasteiger partial charge in [0.1, 0.15) is 10.6 Å². The number of aryl methyl sites for hydroxylation is 1. The lowest BCUT2D eigenvalue weighted by Gasteiger charge is -2.14. The molecule has 150 valence electrons. The number of amides is 1. The van der Waals surface area contributed by atoms with E-state index >= 15 is 0 Å². The van der Waals surface area contributed by atoms with Gasteiger partial charge in [-0.25, -0.2) is 9.78 Å². The van der Waals surface area contributed by atoms with Crippen LogP contribution in [0.1, 0.15) is 25.7 Å². The van der Waals surface area contributed by atoms with Crippen LogP contribution in [0.5, 0.6) is 5.75 Å². The Morgan fingerprint density at radius 1 is 1.24 bits per heavy atom. The van der Waals surface area contributed by atoms with Crippen LogP contribution in [0.4, 0.5) is 5.13 Å². The summed E-state index contributed by atoms with van der Waals surface area (Å²) in [5.41, 5.74) is 0.839. The molecule has 0 saturated carbocycles. The van der Waals surface area contributed by atoms with Crippen LogP contribution in [0.25, 0.3) is 10.8 Å². The zero-order chi connectivity index (χ0) is 21.1. The number of carbonyl (C=O) groups excluding carboxylic acids is 2. The molecular formula is C19H16BrN3O4S2. The third-order valence-electron chi connectivity index (χ3n) is 4.00. The molecule has 3 aromatic rings. The Hall–Kier alpha value is -2.56. The number of carbonyl (C=O) groups is 2. The first-order valence-corrected chi connectivity index (χ1v) is 10.3. The number of ether oxygens (including phenoxy) is 2. The van der Waals surface area contributed by atoms with Crippen LogP contribution in [0.2, 0.25) is 0 Å². The lowest BCUT2D eigenvalue weighted by molar-refractivity contribution is 0.0605. The van der Waals surface area contributed by atoms with Crippen molar-refractivity contribution in [1.29, 1.82) is 0 Å². The quantitative estimate of drug-likeness (QED) is 0.413. The Morgan fingerprint density at radius 2 is 1.97 bits per heavy atom. The van der Waals surface area contributed by atoms with Crippen molar-refractivity contribution in [3.8, 4) is 5.75 Å². The number of nitrogens with one attached hydrogen (secondary N) is 2. The van der Waals surface area contributed by atoms with Crippen molar-refractivity contribution in [2.75, 3.05) is 19.5 Å². The predicted molar refractivity (Wildman–Crippen MR) is 120 cm³/mol. The van der Waals surface area contributed by atoms with Crippen molar-refractivity contribution in [2.24, 2.45) is 0 Å². The van der Waals surface area contributed by atoms with Crippen LogP contribution >= 0.6 is 39.5 Å². The zero-order valence-electron chi connectivity index (χ0n) is 15.7. The van der Waals surface area contributed by atoms with Crippen LogP contribution in [0.15, 0.2) is 34.8 Å². The predicted octanol–water partition coefficient (Wildman–Crippen LogP) is 4.29. The average Bonchev–Trinajstić information content (AvgIpc) is 3.07. The zero-order valence-corrected chi connectivity index (χ0v) is 18.9. The van der Waals surface area contributed by atoms with Gasteiger partial charge in [-0.15, -0.1) is 0 Å². The molecule has 1 aromatic heterocycles. The van der Waals surface area contributed by atoms with Crippen LogP contribution in [0, 0.1) is 6.92 Å². The van der Waals surface area contributed by atoms with Gasteiger partial charge in [-0.05, 0) is 51.9 Å². The molecule has 10 heteroatoms. The Kier molecular flexibility index (Phi) is 6.46. The van der Waals surface area contributed by atoms with Crippen molar-refractivity contribution in [2.45, 2.75) is 6.92 Å². The number of anilines is 1. The van der Waals surface area contributed by atoms with E-state index in [0.717, 1.165) is 22.1 Å². The fourth-order valence-corrected chi connectivity index (χ4v) is 4.56. The Morgan fingerprint density at radius 3 is 2.66 bits per heavy atom. The molecule has 2 N–H and O–H groups in total. The summed E-state index contributed by atoms with van der Waals surface area (Å²) in [6.45, 7) is 1.69. The van der Waals surface area contributed by atoms with Gasteiger partial charge in [0.15, 0.2) is 10.2 Å². The molecule has 0 spiro atoms. The first-order valence-electron chi connectivity index (χ1n) is 8.29. The van der Waals surface area contributed by atoms with E-state index in [1.807, 2.05) is 24.3 Å². The minimum absolute atomic E-state index is 0.0477. The average molecular weight is 494 g/mol. The molecule has 0 atom stereocenters. The highest BCUT2D eigenvalue weighted by atomic mass is 79.9. The summed E-state index contributed by atoms with van der Waals surface area (Å²) >= 11 is 9.82. The number of rotatable bonds is 4. The topological polar surface area (TPSA) is 89.6 Å². The first kappa shape index (κ1) is 21.2. The van der Waals surface area contributed by atoms with Gasteiger partial charge in [0, 0.05) is 0 Å². The molecule has 7 nitrogen and oxygen atoms in total. The van der Waals surface area contributed by atoms with Gasteiger partial charge in [-0.2, -0.15) is 0 Å². The van der Waals surface area contributed by atoms with E-state index in [4.69, 9.17) is 21.7 Å². The van der Waals surface area contributed by atoms with Crippen molar-refractivity contribution in [1.82, 2.24) is 10.3 Å². The molecule has 0 aliphatic heterocycles. The summed E-state index contributed by atoms with van der Waals surface area (Å²) in [5.74, 6) is -0.511. The highest BCUT2D eigenvalue weighted by Gasteiger charge is 2.20. The fourth-order valence-electron chi connectivity index (χ4n) is 2.68. The highest BCUT2D eigenvalue weighted by Crippen LogP contribution is 2.36. The van der Waals surface area contributed by atoms with Gasteiger partial charge < -0.3 is 14.8 Å². The molecule has 3 rings (SSSR count). The molecule has 0 unspecified atom stereocenters. The lowest BCUT2D eigenvalue weighted by Crippen LogP contribution is -2.34. The third-order valence-corrected chi connectivity index (χ3v) is 6.05. The summed E-state index contributed by atoms with van der Waals surface area (Å²) in [6, 6.07) is 9.36. The number of fused-ring (bicyclic) bond motifs is 1. The fraction of sp³-hybridized carbons (Fsp3) is 0.158. The molecule has 1 amide bonds. The SMILES string of the molecule is COC(=O)c1sc(NC(=S)NC(=O)c2cc3ccccc3c(Br)c2OC)nc1C. The van der Waals surface area contributed by atoms with Crippen molar-refractivity contribution in [3.63, 3.8) is 0 Å². The molecule has 0 radical (unpaired) electrons. The van der Waals surface area contributed by atoms with Gasteiger partial charge in [0.05, 0.1) is 29.9 Å². The van der Waals surface area contributed by atoms with Crippen molar-refractivity contribution >= 4 is 72.4 Å². The Labute approximate surface area is 184 Å². The van der Waals surface area contributed by atoms with Crippen LogP contribution in [-0.2, 0) is 4.74 Å². The number of aromatic nitrogens is 1. The van der Waals surface area contributed by atoms with Crippen LogP contribution in [-0.4, -0.2) is 36.2 Å². The van der Waals surface area contributed by atoms with Crippen LogP contribution < -0.4 is 15.4 Å². The normalized spacial score (nSPS) is 10.5. The van der Waals surface area contributed by atoms with Gasteiger partial charge in [0.2, 0.25) is 0 Å². The van der Waals surface area contributed by atoms with E-state index in [-0.39, 0.29) is 5.11 Å². The minimum Gasteiger partial charge on any atom is -0.495 e. The van der Waals surface area contributed by atoms with E-state index in [0.29, 0.717) is 31.5 Å². The number of thiazole rings is 1. The Balaban J connectivity index is 1.81. The van der Waals surface area contributed by atoms with E-state index in [1.165, 1.54) is 14.2 Å². The molecule has 0 bridgehead atoms. The number of nitrogens with zero attached hydrogens (tertiary/aromatic N) is 1. The second kappa shape index (κ2) is 8.85. The summed E-state index contributed by atoms with van der Waals surface area (Å²) in [5, 5.41) is 7.66. The number of methoxy groups -OCH3 is 2. The van der Waals surface area contributed by atoms with Gasteiger partial charge in [0.25, 0.3) is 5.91 Å². The van der Waals surface area contributed by atoms with E-state index in [2.05, 4.69) is 31.5 Å². The van der Waals surface area contributed by atoms with Gasteiger partial charge in [-0.1, -0.05) is 35.6 Å². The number of benzene rings is 2. The highest BCUT2D eigenvalue weighted by molar-refractivity contribution is 9.10. The van der Waals surface area contributed by atoms with Crippen molar-refractivity contribution in [3.05, 3.63) is 50.9 Å². The molecule has 29 heavy (non-hydrogen) atoms. The minimum atomic E-state index is -0.478. The largest absolute Gasteiger partial charge is 0.495 e. The standard InChI is InChI=1S/C19H16BrN3O4S2/c1-9-15(17(25)27-3)29-19(21-9)23-18(28)22-16(24)12-8-10-6-4-5-7-11(10)13(20)14(12)26-2/h4-8H,1-3H3,(H2,21,22,23,24,28). The third kappa shape index (κ3) is 4.39. The Bertz CT molecular complexity index is 1130. The molecule has 0 aliphatic rings. The molecule has 2 aromatic carbocycles. The number of esters is 1. The summed E-state index contributed by atoms with van der Waals surface area (Å²) in [4.78, 5) is 29.1. The van der Waals surface area contributed by atoms with Gasteiger partial charge in [-0.3, -0.25) is 10.1 Å². The molecular weight excluding hydrogens is 478 g/mol. The molecule has 0 fully saturated rings. The molecule has 1 heterocycles. The second-order valence-electron chi connectivity index (χ2n) is 5.83. The number of thiocarbonyl (C=S) groups is 1. The first-order chi connectivity index (χ1) is 13.8. The molecule has 0 saturated heterocycles. The molecule has 0 aliphatic carbocycles. The van der Waals surface area contributed by atoms with E-state index in [1.54, 1.807) is 13.0 Å². The second-order valence-corrected chi connectivity index (χ2v) is 8.03. The lowest BCUT2D eigenvalue weighted by atomic mass is 10.1. The number of halogens is 1. The van der Waals surface area contributed by atoms with E-state index in [9.17, 15) is 9.59 Å². The summed E-state index contributed by atoms with van der Waals surface area (Å²) in [7, 11) is 2.80. The monoisotopic (exact) mass is 493 g/mol. The summed E-state index contributed by atoms with van der Waals surface area (Å²) < 4.78 is 10.8. The number of hydrogen-bond acceptors (Lipinski definition) is 7. The van der Waals surface area contributed by atoms with Crippen molar-refractivity contribution < 1.29 is 19.1 Å². The maximum atomic E-state index is 12.8. The van der Waals surface area contributed by atoms with Crippen LogP contribution in [0.3, 0.4) is 0 Å². The maximum absolute atomic E-state index is 12.8. The van der Waals surface area contributed by atoms with E-state index < -0.39 is 11.9 Å².